The molecule has 2 aromatic carbocycles. The average Bonchev–Trinajstić information content (AvgIpc) is 2.63. The molecule has 2 rings (SSSR count). The molecule has 1 unspecified atom stereocenters. The Kier molecular flexibility index (Phi) is 6.89. The van der Waals surface area contributed by atoms with Crippen LogP contribution in [0.4, 0.5) is 4.39 Å². The van der Waals surface area contributed by atoms with Crippen LogP contribution >= 0.6 is 0 Å². The highest BCUT2D eigenvalue weighted by molar-refractivity contribution is 5.89. The van der Waals surface area contributed by atoms with E-state index >= 15 is 0 Å². The van der Waals surface area contributed by atoms with Crippen molar-refractivity contribution in [1.82, 2.24) is 10.2 Å². The molecule has 2 amide bonds. The first-order valence-corrected chi connectivity index (χ1v) is 8.81. The lowest BCUT2D eigenvalue weighted by molar-refractivity contribution is -0.144. The summed E-state index contributed by atoms with van der Waals surface area (Å²) in [6.07, 6.45) is 0. The van der Waals surface area contributed by atoms with Gasteiger partial charge in [0.05, 0.1) is 0 Å². The van der Waals surface area contributed by atoms with Crippen molar-refractivity contribution >= 4 is 11.8 Å². The lowest BCUT2D eigenvalue weighted by Crippen LogP contribution is -2.44. The van der Waals surface area contributed by atoms with Crippen LogP contribution in [0.25, 0.3) is 0 Å². The lowest BCUT2D eigenvalue weighted by atomic mass is 10.0. The van der Waals surface area contributed by atoms with E-state index in [1.165, 1.54) is 12.1 Å². The summed E-state index contributed by atoms with van der Waals surface area (Å²) in [6.45, 7) is 6.16. The molecule has 0 aliphatic carbocycles. The fourth-order valence-electron chi connectivity index (χ4n) is 2.79. The van der Waals surface area contributed by atoms with Gasteiger partial charge in [0.1, 0.15) is 11.9 Å². The summed E-state index contributed by atoms with van der Waals surface area (Å²) in [7, 11) is 0. The molecule has 0 bridgehead atoms. The minimum Gasteiger partial charge on any atom is -0.354 e. The summed E-state index contributed by atoms with van der Waals surface area (Å²) in [5.74, 6) is -0.959. The van der Waals surface area contributed by atoms with Gasteiger partial charge in [-0.05, 0) is 30.2 Å². The Morgan fingerprint density at radius 3 is 2.19 bits per heavy atom. The zero-order valence-corrected chi connectivity index (χ0v) is 15.4. The molecule has 0 aromatic heterocycles. The van der Waals surface area contributed by atoms with Gasteiger partial charge in [-0.2, -0.15) is 0 Å². The maximum atomic E-state index is 13.2. The first kappa shape index (κ1) is 19.6. The fourth-order valence-corrected chi connectivity index (χ4v) is 2.79. The highest BCUT2D eigenvalue weighted by atomic mass is 19.1. The monoisotopic (exact) mass is 356 g/mol. The Morgan fingerprint density at radius 1 is 1.04 bits per heavy atom. The zero-order chi connectivity index (χ0) is 19.1. The number of carbonyl (C=O) groups is 2. The van der Waals surface area contributed by atoms with Crippen LogP contribution in [-0.2, 0) is 16.1 Å². The maximum absolute atomic E-state index is 13.2. The van der Waals surface area contributed by atoms with E-state index in [-0.39, 0.29) is 30.1 Å². The fraction of sp³-hybridized carbons (Fsp3) is 0.333. The van der Waals surface area contributed by atoms with Crippen molar-refractivity contribution in [2.24, 2.45) is 5.92 Å². The van der Waals surface area contributed by atoms with Gasteiger partial charge in [0.15, 0.2) is 0 Å². The molecule has 0 saturated heterocycles. The van der Waals surface area contributed by atoms with Crippen LogP contribution in [0.1, 0.15) is 37.9 Å². The van der Waals surface area contributed by atoms with Crippen LogP contribution in [0.15, 0.2) is 54.6 Å². The standard InChI is InChI=1S/C21H25FN2O2/c1-4-23-20(25)19(17-8-6-5-7-9-17)24(21(26)15(2)3)14-16-10-12-18(22)13-11-16/h5-13,15,19H,4,14H2,1-3H3,(H,23,25). The van der Waals surface area contributed by atoms with E-state index in [1.807, 2.05) is 37.3 Å². The molecule has 0 aliphatic rings. The van der Waals surface area contributed by atoms with E-state index in [1.54, 1.807) is 30.9 Å². The van der Waals surface area contributed by atoms with E-state index in [9.17, 15) is 14.0 Å². The maximum Gasteiger partial charge on any atom is 0.247 e. The van der Waals surface area contributed by atoms with E-state index in [2.05, 4.69) is 5.32 Å². The number of amides is 2. The SMILES string of the molecule is CCNC(=O)C(c1ccccc1)N(Cc1ccc(F)cc1)C(=O)C(C)C. The molecule has 4 nitrogen and oxygen atoms in total. The summed E-state index contributed by atoms with van der Waals surface area (Å²) >= 11 is 0. The highest BCUT2D eigenvalue weighted by Gasteiger charge is 2.32. The number of nitrogens with one attached hydrogen (secondary N) is 1. The third-order valence-electron chi connectivity index (χ3n) is 4.07. The zero-order valence-electron chi connectivity index (χ0n) is 15.4. The second-order valence-electron chi connectivity index (χ2n) is 6.46. The molecule has 0 spiro atoms. The summed E-state index contributed by atoms with van der Waals surface area (Å²) in [4.78, 5) is 27.3. The van der Waals surface area contributed by atoms with Gasteiger partial charge >= 0.3 is 0 Å². The van der Waals surface area contributed by atoms with Crippen LogP contribution in [-0.4, -0.2) is 23.3 Å². The lowest BCUT2D eigenvalue weighted by Gasteiger charge is -2.32. The number of benzene rings is 2. The van der Waals surface area contributed by atoms with Crippen LogP contribution in [0.2, 0.25) is 0 Å². The predicted molar refractivity (Wildman–Crippen MR) is 99.7 cm³/mol. The minimum absolute atomic E-state index is 0.130. The molecular weight excluding hydrogens is 331 g/mol. The molecule has 0 fully saturated rings. The minimum atomic E-state index is -0.740. The van der Waals surface area contributed by atoms with Gasteiger partial charge in [-0.3, -0.25) is 9.59 Å². The molecule has 0 saturated carbocycles. The Labute approximate surface area is 154 Å². The van der Waals surface area contributed by atoms with Gasteiger partial charge in [-0.25, -0.2) is 4.39 Å². The molecule has 0 radical (unpaired) electrons. The molecule has 2 aromatic rings. The van der Waals surface area contributed by atoms with Crippen LogP contribution in [0.3, 0.4) is 0 Å². The first-order chi connectivity index (χ1) is 12.4. The third-order valence-corrected chi connectivity index (χ3v) is 4.07. The van der Waals surface area contributed by atoms with Crippen molar-refractivity contribution in [2.45, 2.75) is 33.4 Å². The van der Waals surface area contributed by atoms with E-state index < -0.39 is 6.04 Å². The molecule has 1 atom stereocenters. The first-order valence-electron chi connectivity index (χ1n) is 8.81. The van der Waals surface area contributed by atoms with Gasteiger partial charge in [-0.1, -0.05) is 56.3 Å². The molecule has 138 valence electrons. The number of hydrogen-bond acceptors (Lipinski definition) is 2. The number of hydrogen-bond donors (Lipinski definition) is 1. The molecular formula is C21H25FN2O2. The highest BCUT2D eigenvalue weighted by Crippen LogP contribution is 2.25. The largest absolute Gasteiger partial charge is 0.354 e. The van der Waals surface area contributed by atoms with Crippen LogP contribution in [0, 0.1) is 11.7 Å². The Hall–Kier alpha value is -2.69. The van der Waals surface area contributed by atoms with E-state index in [0.29, 0.717) is 6.54 Å². The molecule has 0 heterocycles. The summed E-state index contributed by atoms with van der Waals surface area (Å²) < 4.78 is 13.2. The predicted octanol–water partition coefficient (Wildman–Crippen LogP) is 3.69. The Morgan fingerprint density at radius 2 is 1.65 bits per heavy atom. The number of rotatable bonds is 7. The Bertz CT molecular complexity index is 729. The van der Waals surface area contributed by atoms with Crippen molar-refractivity contribution < 1.29 is 14.0 Å². The molecule has 5 heteroatoms. The number of halogens is 1. The van der Waals surface area contributed by atoms with Gasteiger partial charge in [0, 0.05) is 19.0 Å². The average molecular weight is 356 g/mol. The van der Waals surface area contributed by atoms with Gasteiger partial charge in [-0.15, -0.1) is 0 Å². The number of nitrogens with zero attached hydrogens (tertiary/aromatic N) is 1. The molecule has 0 aliphatic heterocycles. The van der Waals surface area contributed by atoms with E-state index in [4.69, 9.17) is 0 Å². The molecule has 1 N–H and O–H groups in total. The second kappa shape index (κ2) is 9.13. The van der Waals surface area contributed by atoms with Crippen molar-refractivity contribution in [3.05, 3.63) is 71.5 Å². The summed E-state index contributed by atoms with van der Waals surface area (Å²) in [5.41, 5.74) is 1.51. The van der Waals surface area contributed by atoms with Crippen molar-refractivity contribution in [3.8, 4) is 0 Å². The van der Waals surface area contributed by atoms with Crippen molar-refractivity contribution in [3.63, 3.8) is 0 Å². The van der Waals surface area contributed by atoms with E-state index in [0.717, 1.165) is 11.1 Å². The Balaban J connectivity index is 2.44. The molecule has 26 heavy (non-hydrogen) atoms. The van der Waals surface area contributed by atoms with Crippen molar-refractivity contribution in [2.75, 3.05) is 6.54 Å². The third kappa shape index (κ3) is 4.91. The second-order valence-corrected chi connectivity index (χ2v) is 6.46. The van der Waals surface area contributed by atoms with Gasteiger partial charge in [0.2, 0.25) is 11.8 Å². The van der Waals surface area contributed by atoms with Gasteiger partial charge < -0.3 is 10.2 Å². The smallest absolute Gasteiger partial charge is 0.247 e. The number of likely N-dealkylation sites (N-methyl/N-ethyl adjacent to an activating group) is 1. The normalized spacial score (nSPS) is 11.9. The van der Waals surface area contributed by atoms with Gasteiger partial charge in [0.25, 0.3) is 0 Å². The number of carbonyl (C=O) groups excluding carboxylic acids is 2. The van der Waals surface area contributed by atoms with Crippen molar-refractivity contribution in [1.29, 1.82) is 0 Å². The summed E-state index contributed by atoms with van der Waals surface area (Å²) in [6, 6.07) is 14.5. The van der Waals surface area contributed by atoms with Crippen LogP contribution < -0.4 is 5.32 Å². The quantitative estimate of drug-likeness (QED) is 0.823. The van der Waals surface area contributed by atoms with Crippen LogP contribution in [0.5, 0.6) is 0 Å². The topological polar surface area (TPSA) is 49.4 Å². The summed E-state index contributed by atoms with van der Waals surface area (Å²) in [5, 5.41) is 2.82.